The Morgan fingerprint density at radius 1 is 1.39 bits per heavy atom. The maximum atomic E-state index is 6.04. The van der Waals surface area contributed by atoms with Crippen molar-refractivity contribution in [1.82, 2.24) is 5.43 Å². The SMILES string of the molecule is COCCC(C)C(NN)c1cc(Cl)ccc1OC. The number of hydrogen-bond donors (Lipinski definition) is 2. The molecule has 0 bridgehead atoms. The molecule has 0 heterocycles. The molecule has 1 aromatic rings. The second-order valence-electron chi connectivity index (χ2n) is 4.29. The highest BCUT2D eigenvalue weighted by molar-refractivity contribution is 6.30. The third-order valence-corrected chi connectivity index (χ3v) is 3.29. The van der Waals surface area contributed by atoms with Gasteiger partial charge in [-0.15, -0.1) is 0 Å². The van der Waals surface area contributed by atoms with Crippen molar-refractivity contribution in [2.45, 2.75) is 19.4 Å². The zero-order chi connectivity index (χ0) is 13.5. The zero-order valence-corrected chi connectivity index (χ0v) is 11.8. The Hall–Kier alpha value is -0.810. The number of ether oxygens (including phenoxy) is 2. The summed E-state index contributed by atoms with van der Waals surface area (Å²) in [6, 6.07) is 5.52. The minimum Gasteiger partial charge on any atom is -0.496 e. The molecule has 0 aliphatic rings. The molecule has 0 saturated carbocycles. The average Bonchev–Trinajstić information content (AvgIpc) is 2.37. The van der Waals surface area contributed by atoms with E-state index in [0.717, 1.165) is 17.7 Å². The van der Waals surface area contributed by atoms with Crippen LogP contribution in [-0.4, -0.2) is 20.8 Å². The molecule has 2 unspecified atom stereocenters. The van der Waals surface area contributed by atoms with Crippen molar-refractivity contribution in [3.8, 4) is 5.75 Å². The molecule has 3 N–H and O–H groups in total. The monoisotopic (exact) mass is 272 g/mol. The van der Waals surface area contributed by atoms with Gasteiger partial charge in [0, 0.05) is 24.3 Å². The molecule has 0 spiro atoms. The number of halogens is 1. The van der Waals surface area contributed by atoms with E-state index in [-0.39, 0.29) is 6.04 Å². The lowest BCUT2D eigenvalue weighted by molar-refractivity contribution is 0.170. The first-order valence-corrected chi connectivity index (χ1v) is 6.30. The fourth-order valence-corrected chi connectivity index (χ4v) is 2.16. The molecule has 5 heteroatoms. The van der Waals surface area contributed by atoms with Crippen molar-refractivity contribution in [3.63, 3.8) is 0 Å². The summed E-state index contributed by atoms with van der Waals surface area (Å²) in [4.78, 5) is 0. The van der Waals surface area contributed by atoms with Crippen molar-refractivity contribution >= 4 is 11.6 Å². The molecule has 0 aliphatic carbocycles. The molecule has 0 radical (unpaired) electrons. The van der Waals surface area contributed by atoms with Crippen molar-refractivity contribution in [1.29, 1.82) is 0 Å². The largest absolute Gasteiger partial charge is 0.496 e. The second kappa shape index (κ2) is 7.59. The quantitative estimate of drug-likeness (QED) is 0.592. The lowest BCUT2D eigenvalue weighted by Gasteiger charge is -2.25. The number of hydrazine groups is 1. The van der Waals surface area contributed by atoms with E-state index in [2.05, 4.69) is 12.3 Å². The smallest absolute Gasteiger partial charge is 0.123 e. The predicted molar refractivity (Wildman–Crippen MR) is 73.7 cm³/mol. The van der Waals surface area contributed by atoms with Crippen LogP contribution in [-0.2, 0) is 4.74 Å². The summed E-state index contributed by atoms with van der Waals surface area (Å²) in [6.07, 6.45) is 0.904. The standard InChI is InChI=1S/C13H21ClN2O2/c1-9(6-7-17-2)13(16-15)11-8-10(14)4-5-12(11)18-3/h4-5,8-9,13,16H,6-7,15H2,1-3H3. The van der Waals surface area contributed by atoms with Crippen LogP contribution in [0, 0.1) is 5.92 Å². The second-order valence-corrected chi connectivity index (χ2v) is 4.73. The van der Waals surface area contributed by atoms with E-state index >= 15 is 0 Å². The van der Waals surface area contributed by atoms with Gasteiger partial charge in [0.1, 0.15) is 5.75 Å². The molecule has 4 nitrogen and oxygen atoms in total. The fourth-order valence-electron chi connectivity index (χ4n) is 1.98. The average molecular weight is 273 g/mol. The van der Waals surface area contributed by atoms with Crippen LogP contribution < -0.4 is 16.0 Å². The van der Waals surface area contributed by atoms with E-state index in [1.807, 2.05) is 12.1 Å². The normalized spacial score (nSPS) is 14.3. The summed E-state index contributed by atoms with van der Waals surface area (Å²) in [6.45, 7) is 2.81. The first-order valence-electron chi connectivity index (χ1n) is 5.92. The molecule has 0 aromatic heterocycles. The number of methoxy groups -OCH3 is 2. The van der Waals surface area contributed by atoms with Gasteiger partial charge in [-0.2, -0.15) is 0 Å². The van der Waals surface area contributed by atoms with E-state index in [4.69, 9.17) is 26.9 Å². The van der Waals surface area contributed by atoms with E-state index in [9.17, 15) is 0 Å². The van der Waals surface area contributed by atoms with Gasteiger partial charge in [-0.3, -0.25) is 11.3 Å². The highest BCUT2D eigenvalue weighted by atomic mass is 35.5. The Labute approximate surface area is 113 Å². The van der Waals surface area contributed by atoms with Crippen LogP contribution in [0.25, 0.3) is 0 Å². The molecule has 0 aliphatic heterocycles. The van der Waals surface area contributed by atoms with Crippen LogP contribution in [0.5, 0.6) is 5.75 Å². The van der Waals surface area contributed by atoms with Crippen LogP contribution in [0.15, 0.2) is 18.2 Å². The van der Waals surface area contributed by atoms with Gasteiger partial charge in [-0.1, -0.05) is 18.5 Å². The molecule has 0 amide bonds. The highest BCUT2D eigenvalue weighted by Gasteiger charge is 2.21. The maximum absolute atomic E-state index is 6.04. The van der Waals surface area contributed by atoms with E-state index in [1.54, 1.807) is 20.3 Å². The van der Waals surface area contributed by atoms with Gasteiger partial charge < -0.3 is 9.47 Å². The minimum absolute atomic E-state index is 0.0196. The summed E-state index contributed by atoms with van der Waals surface area (Å²) < 4.78 is 10.4. The topological polar surface area (TPSA) is 56.5 Å². The summed E-state index contributed by atoms with van der Waals surface area (Å²) in [5, 5.41) is 0.671. The Bertz CT molecular complexity index is 374. The molecule has 1 aromatic carbocycles. The van der Waals surface area contributed by atoms with Gasteiger partial charge in [-0.05, 0) is 30.5 Å². The zero-order valence-electron chi connectivity index (χ0n) is 11.1. The Morgan fingerprint density at radius 3 is 2.67 bits per heavy atom. The van der Waals surface area contributed by atoms with E-state index < -0.39 is 0 Å². The molecular weight excluding hydrogens is 252 g/mol. The molecule has 2 atom stereocenters. The fraction of sp³-hybridized carbons (Fsp3) is 0.538. The van der Waals surface area contributed by atoms with Gasteiger partial charge >= 0.3 is 0 Å². The van der Waals surface area contributed by atoms with Gasteiger partial charge in [0.2, 0.25) is 0 Å². The number of rotatable bonds is 7. The predicted octanol–water partition coefficient (Wildman–Crippen LogP) is 2.53. The van der Waals surface area contributed by atoms with Crippen LogP contribution in [0.1, 0.15) is 24.9 Å². The van der Waals surface area contributed by atoms with Crippen LogP contribution >= 0.6 is 11.6 Å². The molecule has 102 valence electrons. The highest BCUT2D eigenvalue weighted by Crippen LogP contribution is 2.33. The van der Waals surface area contributed by atoms with Crippen molar-refractivity contribution in [3.05, 3.63) is 28.8 Å². The van der Waals surface area contributed by atoms with E-state index in [0.29, 0.717) is 17.5 Å². The number of nitrogens with two attached hydrogens (primary N) is 1. The van der Waals surface area contributed by atoms with Gasteiger partial charge in [-0.25, -0.2) is 0 Å². The number of nitrogens with one attached hydrogen (secondary N) is 1. The molecule has 1 rings (SSSR count). The van der Waals surface area contributed by atoms with Crippen LogP contribution in [0.3, 0.4) is 0 Å². The van der Waals surface area contributed by atoms with Crippen LogP contribution in [0.4, 0.5) is 0 Å². The number of benzene rings is 1. The van der Waals surface area contributed by atoms with Crippen molar-refractivity contribution in [2.75, 3.05) is 20.8 Å². The van der Waals surface area contributed by atoms with Crippen LogP contribution in [0.2, 0.25) is 5.02 Å². The summed E-state index contributed by atoms with van der Waals surface area (Å²) in [7, 11) is 3.33. The molecule has 0 fully saturated rings. The van der Waals surface area contributed by atoms with Gasteiger partial charge in [0.05, 0.1) is 13.2 Å². The Balaban J connectivity index is 2.96. The minimum atomic E-state index is -0.0196. The van der Waals surface area contributed by atoms with Gasteiger partial charge in [0.25, 0.3) is 0 Å². The molecule has 0 saturated heterocycles. The Kier molecular flexibility index (Phi) is 6.43. The summed E-state index contributed by atoms with van der Waals surface area (Å²) >= 11 is 6.04. The number of hydrogen-bond acceptors (Lipinski definition) is 4. The Morgan fingerprint density at radius 2 is 2.11 bits per heavy atom. The first kappa shape index (κ1) is 15.2. The maximum Gasteiger partial charge on any atom is 0.123 e. The first-order chi connectivity index (χ1) is 8.63. The third kappa shape index (κ3) is 3.85. The summed E-state index contributed by atoms with van der Waals surface area (Å²) in [5.41, 5.74) is 3.80. The van der Waals surface area contributed by atoms with E-state index in [1.165, 1.54) is 0 Å². The lowest BCUT2D eigenvalue weighted by atomic mass is 9.92. The third-order valence-electron chi connectivity index (χ3n) is 3.05. The van der Waals surface area contributed by atoms with Gasteiger partial charge in [0.15, 0.2) is 0 Å². The lowest BCUT2D eigenvalue weighted by Crippen LogP contribution is -2.33. The van der Waals surface area contributed by atoms with Crippen molar-refractivity contribution < 1.29 is 9.47 Å². The summed E-state index contributed by atoms with van der Waals surface area (Å²) in [5.74, 6) is 6.75. The molecule has 18 heavy (non-hydrogen) atoms. The van der Waals surface area contributed by atoms with Crippen molar-refractivity contribution in [2.24, 2.45) is 11.8 Å². The molecular formula is C13H21ClN2O2.